The Morgan fingerprint density at radius 2 is 2.41 bits per heavy atom. The fourth-order valence-electron chi connectivity index (χ4n) is 2.16. The summed E-state index contributed by atoms with van der Waals surface area (Å²) in [5.74, 6) is -0.121. The minimum Gasteiger partial charge on any atom is -0.453 e. The summed E-state index contributed by atoms with van der Waals surface area (Å²) in [5.41, 5.74) is -0.360. The van der Waals surface area contributed by atoms with Gasteiger partial charge >= 0.3 is 6.09 Å². The summed E-state index contributed by atoms with van der Waals surface area (Å²) in [6.07, 6.45) is 0.194. The van der Waals surface area contributed by atoms with Crippen LogP contribution in [-0.4, -0.2) is 62.5 Å². The molecule has 1 spiro atoms. The lowest BCUT2D eigenvalue weighted by atomic mass is 10.2. The Hall–Kier alpha value is -1.34. The Morgan fingerprint density at radius 3 is 3.06 bits per heavy atom. The van der Waals surface area contributed by atoms with E-state index >= 15 is 0 Å². The second-order valence-corrected chi connectivity index (χ2v) is 4.18. The lowest BCUT2D eigenvalue weighted by Gasteiger charge is -2.23. The third-order valence-corrected chi connectivity index (χ3v) is 3.08. The number of nitrogens with one attached hydrogen (secondary N) is 2. The van der Waals surface area contributed by atoms with Gasteiger partial charge in [-0.3, -0.25) is 10.1 Å². The van der Waals surface area contributed by atoms with E-state index in [-0.39, 0.29) is 18.2 Å². The molecule has 96 valence electrons. The Kier molecular flexibility index (Phi) is 3.49. The van der Waals surface area contributed by atoms with Gasteiger partial charge in [-0.25, -0.2) is 4.79 Å². The van der Waals surface area contributed by atoms with Crippen molar-refractivity contribution in [1.29, 1.82) is 0 Å². The summed E-state index contributed by atoms with van der Waals surface area (Å²) >= 11 is 0. The number of rotatable bonds is 2. The number of alkyl carbamates (subject to hydrolysis) is 1. The highest BCUT2D eigenvalue weighted by atomic mass is 16.5. The molecular weight excluding hydrogens is 226 g/mol. The molecular formula is C10H17N3O4. The normalized spacial score (nSPS) is 27.5. The molecule has 0 aromatic carbocycles. The van der Waals surface area contributed by atoms with Gasteiger partial charge in [0.15, 0.2) is 0 Å². The van der Waals surface area contributed by atoms with Gasteiger partial charge in [-0.2, -0.15) is 0 Å². The summed E-state index contributed by atoms with van der Waals surface area (Å²) < 4.78 is 10.0. The third kappa shape index (κ3) is 2.67. The first-order valence-corrected chi connectivity index (χ1v) is 5.64. The molecule has 7 heteroatoms. The van der Waals surface area contributed by atoms with E-state index in [0.29, 0.717) is 19.7 Å². The average molecular weight is 243 g/mol. The van der Waals surface area contributed by atoms with Gasteiger partial charge < -0.3 is 19.7 Å². The molecule has 0 aromatic heterocycles. The standard InChI is InChI=1S/C10H17N3O4/c1-16-9(15)11-6-8(14)13-4-2-10(7-13)12-3-5-17-10/h12H,2-7H2,1H3,(H,11,15). The maximum absolute atomic E-state index is 11.8. The molecule has 0 saturated carbocycles. The van der Waals surface area contributed by atoms with Crippen LogP contribution in [0.25, 0.3) is 0 Å². The summed E-state index contributed by atoms with van der Waals surface area (Å²) in [6, 6.07) is 0. The van der Waals surface area contributed by atoms with Crippen LogP contribution in [0.1, 0.15) is 6.42 Å². The molecule has 0 bridgehead atoms. The molecule has 2 fully saturated rings. The van der Waals surface area contributed by atoms with Crippen molar-refractivity contribution in [2.45, 2.75) is 12.1 Å². The highest BCUT2D eigenvalue weighted by Gasteiger charge is 2.42. The topological polar surface area (TPSA) is 79.9 Å². The van der Waals surface area contributed by atoms with E-state index < -0.39 is 6.09 Å². The van der Waals surface area contributed by atoms with Crippen LogP contribution in [0, 0.1) is 0 Å². The minimum atomic E-state index is -0.595. The Bertz CT molecular complexity index is 315. The van der Waals surface area contributed by atoms with Crippen LogP contribution in [0.3, 0.4) is 0 Å². The number of ether oxygens (including phenoxy) is 2. The van der Waals surface area contributed by atoms with Crippen LogP contribution in [0.5, 0.6) is 0 Å². The number of amides is 2. The van der Waals surface area contributed by atoms with E-state index in [1.54, 1.807) is 4.90 Å². The number of hydrogen-bond acceptors (Lipinski definition) is 5. The van der Waals surface area contributed by atoms with Gasteiger partial charge in [-0.15, -0.1) is 0 Å². The van der Waals surface area contributed by atoms with Crippen LogP contribution in [0.2, 0.25) is 0 Å². The second-order valence-electron chi connectivity index (χ2n) is 4.18. The fourth-order valence-corrected chi connectivity index (χ4v) is 2.16. The molecule has 0 aromatic rings. The van der Waals surface area contributed by atoms with Crippen LogP contribution in [-0.2, 0) is 14.3 Å². The lowest BCUT2D eigenvalue weighted by Crippen LogP contribution is -2.46. The largest absolute Gasteiger partial charge is 0.453 e. The summed E-state index contributed by atoms with van der Waals surface area (Å²) in [4.78, 5) is 24.3. The number of hydrogen-bond donors (Lipinski definition) is 2. The first-order valence-electron chi connectivity index (χ1n) is 5.64. The van der Waals surface area contributed by atoms with E-state index in [1.807, 2.05) is 0 Å². The molecule has 2 rings (SSSR count). The molecule has 17 heavy (non-hydrogen) atoms. The van der Waals surface area contributed by atoms with Gasteiger partial charge in [-0.1, -0.05) is 0 Å². The second kappa shape index (κ2) is 4.89. The predicted octanol–water partition coefficient (Wildman–Crippen LogP) is -1.11. The molecule has 2 saturated heterocycles. The van der Waals surface area contributed by atoms with Gasteiger partial charge in [0.05, 0.1) is 20.3 Å². The molecule has 1 atom stereocenters. The van der Waals surface area contributed by atoms with E-state index in [2.05, 4.69) is 15.4 Å². The zero-order valence-corrected chi connectivity index (χ0v) is 9.82. The SMILES string of the molecule is COC(=O)NCC(=O)N1CCC2(C1)NCCO2. The highest BCUT2D eigenvalue weighted by Crippen LogP contribution is 2.25. The third-order valence-electron chi connectivity index (χ3n) is 3.08. The van der Waals surface area contributed by atoms with Crippen molar-refractivity contribution in [3.8, 4) is 0 Å². The maximum Gasteiger partial charge on any atom is 0.407 e. The van der Waals surface area contributed by atoms with Crippen molar-refractivity contribution in [2.24, 2.45) is 0 Å². The molecule has 2 amide bonds. The van der Waals surface area contributed by atoms with Crippen LogP contribution in [0.4, 0.5) is 4.79 Å². The summed E-state index contributed by atoms with van der Waals surface area (Å²) in [6.45, 7) is 2.65. The molecule has 2 aliphatic heterocycles. The van der Waals surface area contributed by atoms with E-state index in [4.69, 9.17) is 4.74 Å². The predicted molar refractivity (Wildman–Crippen MR) is 58.3 cm³/mol. The van der Waals surface area contributed by atoms with Crippen molar-refractivity contribution in [3.63, 3.8) is 0 Å². The Labute approximate surface area is 99.4 Å². The quantitative estimate of drug-likeness (QED) is 0.643. The van der Waals surface area contributed by atoms with Crippen molar-refractivity contribution in [2.75, 3.05) is 39.9 Å². The van der Waals surface area contributed by atoms with Crippen LogP contribution < -0.4 is 10.6 Å². The molecule has 1 unspecified atom stereocenters. The van der Waals surface area contributed by atoms with Crippen LogP contribution >= 0.6 is 0 Å². The number of likely N-dealkylation sites (tertiary alicyclic amines) is 1. The smallest absolute Gasteiger partial charge is 0.407 e. The van der Waals surface area contributed by atoms with Crippen molar-refractivity contribution < 1.29 is 19.1 Å². The van der Waals surface area contributed by atoms with E-state index in [9.17, 15) is 9.59 Å². The Morgan fingerprint density at radius 1 is 1.59 bits per heavy atom. The van der Waals surface area contributed by atoms with E-state index in [1.165, 1.54) is 7.11 Å². The van der Waals surface area contributed by atoms with Gasteiger partial charge in [-0.05, 0) is 0 Å². The zero-order valence-electron chi connectivity index (χ0n) is 9.82. The van der Waals surface area contributed by atoms with Gasteiger partial charge in [0, 0.05) is 19.5 Å². The number of nitrogens with zero attached hydrogens (tertiary/aromatic N) is 1. The number of carbonyl (C=O) groups is 2. The zero-order chi connectivity index (χ0) is 12.3. The number of carbonyl (C=O) groups excluding carboxylic acids is 2. The van der Waals surface area contributed by atoms with Crippen molar-refractivity contribution in [1.82, 2.24) is 15.5 Å². The van der Waals surface area contributed by atoms with Crippen molar-refractivity contribution >= 4 is 12.0 Å². The maximum atomic E-state index is 11.8. The van der Waals surface area contributed by atoms with E-state index in [0.717, 1.165) is 13.0 Å². The lowest BCUT2D eigenvalue weighted by molar-refractivity contribution is -0.130. The monoisotopic (exact) mass is 243 g/mol. The molecule has 2 N–H and O–H groups in total. The summed E-state index contributed by atoms with van der Waals surface area (Å²) in [7, 11) is 1.26. The van der Waals surface area contributed by atoms with Crippen LogP contribution in [0.15, 0.2) is 0 Å². The highest BCUT2D eigenvalue weighted by molar-refractivity contribution is 5.82. The fraction of sp³-hybridized carbons (Fsp3) is 0.800. The first-order chi connectivity index (χ1) is 8.15. The first kappa shape index (κ1) is 12.1. The Balaban J connectivity index is 1.79. The average Bonchev–Trinajstić information content (AvgIpc) is 2.97. The van der Waals surface area contributed by atoms with Gasteiger partial charge in [0.25, 0.3) is 0 Å². The van der Waals surface area contributed by atoms with Crippen molar-refractivity contribution in [3.05, 3.63) is 0 Å². The summed E-state index contributed by atoms with van der Waals surface area (Å²) in [5, 5.41) is 5.64. The number of methoxy groups -OCH3 is 1. The molecule has 0 radical (unpaired) electrons. The van der Waals surface area contributed by atoms with Gasteiger partial charge in [0.1, 0.15) is 12.3 Å². The molecule has 0 aliphatic carbocycles. The minimum absolute atomic E-state index is 0.0389. The van der Waals surface area contributed by atoms with Gasteiger partial charge in [0.2, 0.25) is 5.91 Å². The molecule has 2 heterocycles. The molecule has 7 nitrogen and oxygen atoms in total. The molecule has 2 aliphatic rings.